The molecule has 6 rings (SSSR count). The molecule has 202 valence electrons. The standard InChI is InChI=1S/C30H31F2N5O2/c1-17-28(36(4)35-34-17)19-13-25-27(33-16-19)26-23(32)14-20(30(2,3)38)15-24(26)37(25)29(18-9-11-39-12-10-18)21-7-5-6-8-22(21)31/h5-8,13-16,18,29,38H,9-12H2,1-4H3. The van der Waals surface area contributed by atoms with Crippen molar-refractivity contribution in [1.29, 1.82) is 0 Å². The van der Waals surface area contributed by atoms with Crippen LogP contribution in [0.3, 0.4) is 0 Å². The molecule has 1 atom stereocenters. The van der Waals surface area contributed by atoms with Crippen molar-refractivity contribution in [3.05, 3.63) is 77.1 Å². The highest BCUT2D eigenvalue weighted by atomic mass is 19.1. The Balaban J connectivity index is 1.74. The highest BCUT2D eigenvalue weighted by molar-refractivity contribution is 6.07. The normalized spacial score (nSPS) is 15.9. The number of aromatic nitrogens is 5. The molecule has 1 aliphatic heterocycles. The summed E-state index contributed by atoms with van der Waals surface area (Å²) in [6, 6.07) is 11.5. The van der Waals surface area contributed by atoms with Crippen molar-refractivity contribution in [2.24, 2.45) is 13.0 Å². The van der Waals surface area contributed by atoms with Crippen molar-refractivity contribution in [3.63, 3.8) is 0 Å². The smallest absolute Gasteiger partial charge is 0.135 e. The van der Waals surface area contributed by atoms with E-state index in [9.17, 15) is 5.11 Å². The van der Waals surface area contributed by atoms with Crippen molar-refractivity contribution in [2.75, 3.05) is 13.2 Å². The molecule has 1 aliphatic rings. The van der Waals surface area contributed by atoms with Crippen LogP contribution in [0.4, 0.5) is 8.78 Å². The molecule has 0 spiro atoms. The van der Waals surface area contributed by atoms with E-state index in [-0.39, 0.29) is 11.7 Å². The van der Waals surface area contributed by atoms with Gasteiger partial charge in [-0.05, 0) is 69.4 Å². The molecule has 7 nitrogen and oxygen atoms in total. The lowest BCUT2D eigenvalue weighted by atomic mass is 9.86. The Bertz CT molecular complexity index is 1680. The molecule has 1 saturated heterocycles. The lowest BCUT2D eigenvalue weighted by Gasteiger charge is -2.33. The van der Waals surface area contributed by atoms with Gasteiger partial charge >= 0.3 is 0 Å². The number of pyridine rings is 1. The summed E-state index contributed by atoms with van der Waals surface area (Å²) in [6.07, 6.45) is 3.16. The Hall–Kier alpha value is -3.69. The summed E-state index contributed by atoms with van der Waals surface area (Å²) in [5, 5.41) is 19.5. The first-order valence-electron chi connectivity index (χ1n) is 13.2. The first-order valence-corrected chi connectivity index (χ1v) is 13.2. The number of fused-ring (bicyclic) bond motifs is 3. The van der Waals surface area contributed by atoms with Crippen molar-refractivity contribution in [1.82, 2.24) is 24.5 Å². The van der Waals surface area contributed by atoms with Crippen LogP contribution >= 0.6 is 0 Å². The Labute approximate surface area is 225 Å². The summed E-state index contributed by atoms with van der Waals surface area (Å²) in [6.45, 7) is 6.27. The molecule has 0 aliphatic carbocycles. The second-order valence-electron chi connectivity index (χ2n) is 10.9. The van der Waals surface area contributed by atoms with Crippen LogP contribution in [0.1, 0.15) is 49.6 Å². The largest absolute Gasteiger partial charge is 0.386 e. The minimum Gasteiger partial charge on any atom is -0.386 e. The third-order valence-electron chi connectivity index (χ3n) is 7.88. The Morgan fingerprint density at radius 3 is 2.46 bits per heavy atom. The molecule has 0 amide bonds. The highest BCUT2D eigenvalue weighted by Crippen LogP contribution is 2.43. The van der Waals surface area contributed by atoms with Crippen LogP contribution in [0.15, 0.2) is 48.7 Å². The van der Waals surface area contributed by atoms with Crippen molar-refractivity contribution in [3.8, 4) is 11.3 Å². The third kappa shape index (κ3) is 4.30. The predicted molar refractivity (Wildman–Crippen MR) is 145 cm³/mol. The van der Waals surface area contributed by atoms with Gasteiger partial charge in [0.05, 0.1) is 45.0 Å². The van der Waals surface area contributed by atoms with E-state index in [0.717, 1.165) is 29.8 Å². The zero-order valence-electron chi connectivity index (χ0n) is 22.4. The molecule has 0 radical (unpaired) electrons. The Kier molecular flexibility index (Phi) is 6.23. The fourth-order valence-electron chi connectivity index (χ4n) is 5.96. The SMILES string of the molecule is Cc1nnn(C)c1-c1cnc2c3c(F)cc(C(C)(C)O)cc3n(C(c3ccccc3F)C3CCOCC3)c2c1. The molecule has 5 aromatic rings. The Morgan fingerprint density at radius 2 is 1.79 bits per heavy atom. The Morgan fingerprint density at radius 1 is 1.05 bits per heavy atom. The highest BCUT2D eigenvalue weighted by Gasteiger charge is 2.33. The second-order valence-corrected chi connectivity index (χ2v) is 10.9. The molecule has 1 unspecified atom stereocenters. The molecule has 1 N–H and O–H groups in total. The predicted octanol–water partition coefficient (Wildman–Crippen LogP) is 5.82. The number of halogens is 2. The van der Waals surface area contributed by atoms with Crippen LogP contribution < -0.4 is 0 Å². The molecule has 1 fully saturated rings. The first-order chi connectivity index (χ1) is 18.6. The van der Waals surface area contributed by atoms with E-state index < -0.39 is 17.5 Å². The van der Waals surface area contributed by atoms with Crippen LogP contribution in [-0.4, -0.2) is 42.9 Å². The maximum atomic E-state index is 15.9. The number of benzene rings is 2. The topological polar surface area (TPSA) is 78.0 Å². The zero-order valence-corrected chi connectivity index (χ0v) is 22.4. The van der Waals surface area contributed by atoms with Crippen molar-refractivity contribution < 1.29 is 18.6 Å². The van der Waals surface area contributed by atoms with Crippen LogP contribution in [0.5, 0.6) is 0 Å². The molecular weight excluding hydrogens is 500 g/mol. The summed E-state index contributed by atoms with van der Waals surface area (Å²) in [4.78, 5) is 4.75. The van der Waals surface area contributed by atoms with Crippen molar-refractivity contribution >= 4 is 21.9 Å². The van der Waals surface area contributed by atoms with Gasteiger partial charge in [0, 0.05) is 37.6 Å². The lowest BCUT2D eigenvalue weighted by molar-refractivity contribution is 0.0548. The van der Waals surface area contributed by atoms with Gasteiger partial charge < -0.3 is 14.4 Å². The summed E-state index contributed by atoms with van der Waals surface area (Å²) in [5.41, 5.74) is 3.72. The molecule has 0 saturated carbocycles. The third-order valence-corrected chi connectivity index (χ3v) is 7.88. The van der Waals surface area contributed by atoms with Crippen LogP contribution in [0, 0.1) is 24.5 Å². The van der Waals surface area contributed by atoms with Gasteiger partial charge in [-0.1, -0.05) is 23.4 Å². The summed E-state index contributed by atoms with van der Waals surface area (Å²) in [5.74, 6) is -0.766. The number of rotatable bonds is 5. The summed E-state index contributed by atoms with van der Waals surface area (Å²) >= 11 is 0. The van der Waals surface area contributed by atoms with E-state index in [0.29, 0.717) is 46.3 Å². The van der Waals surface area contributed by atoms with Gasteiger partial charge in [-0.15, -0.1) is 5.10 Å². The van der Waals surface area contributed by atoms with Gasteiger partial charge in [0.15, 0.2) is 0 Å². The van der Waals surface area contributed by atoms with E-state index >= 15 is 8.78 Å². The van der Waals surface area contributed by atoms with Gasteiger partial charge in [-0.2, -0.15) is 0 Å². The second kappa shape index (κ2) is 9.50. The van der Waals surface area contributed by atoms with Gasteiger partial charge in [0.2, 0.25) is 0 Å². The van der Waals surface area contributed by atoms with Gasteiger partial charge in [-0.25, -0.2) is 13.5 Å². The zero-order chi connectivity index (χ0) is 27.5. The maximum absolute atomic E-state index is 15.9. The van der Waals surface area contributed by atoms with E-state index in [1.807, 2.05) is 36.7 Å². The monoisotopic (exact) mass is 531 g/mol. The van der Waals surface area contributed by atoms with Gasteiger partial charge in [0.1, 0.15) is 11.6 Å². The van der Waals surface area contributed by atoms with Gasteiger partial charge in [0.25, 0.3) is 0 Å². The lowest BCUT2D eigenvalue weighted by Crippen LogP contribution is -2.27. The molecule has 0 bridgehead atoms. The molecule has 4 heterocycles. The number of hydrogen-bond donors (Lipinski definition) is 1. The number of hydrogen-bond acceptors (Lipinski definition) is 5. The quantitative estimate of drug-likeness (QED) is 0.310. The summed E-state index contributed by atoms with van der Waals surface area (Å²) in [7, 11) is 1.81. The molecule has 3 aromatic heterocycles. The minimum atomic E-state index is -1.28. The number of aliphatic hydroxyl groups is 1. The fraction of sp³-hybridized carbons (Fsp3) is 0.367. The minimum absolute atomic E-state index is 0.0343. The van der Waals surface area contributed by atoms with Crippen molar-refractivity contribution in [2.45, 2.75) is 45.3 Å². The number of aryl methyl sites for hydroxylation is 2. The summed E-state index contributed by atoms with van der Waals surface area (Å²) < 4.78 is 40.8. The van der Waals surface area contributed by atoms with Gasteiger partial charge in [-0.3, -0.25) is 4.98 Å². The maximum Gasteiger partial charge on any atom is 0.135 e. The average molecular weight is 532 g/mol. The van der Waals surface area contributed by atoms with Crippen LogP contribution in [-0.2, 0) is 17.4 Å². The number of ether oxygens (including phenoxy) is 1. The average Bonchev–Trinajstić information content (AvgIpc) is 3.41. The molecule has 39 heavy (non-hydrogen) atoms. The van der Waals surface area contributed by atoms with Crippen LogP contribution in [0.2, 0.25) is 0 Å². The molecule has 2 aromatic carbocycles. The van der Waals surface area contributed by atoms with E-state index in [1.54, 1.807) is 36.9 Å². The molecular formula is C30H31F2N5O2. The van der Waals surface area contributed by atoms with Crippen LogP contribution in [0.25, 0.3) is 33.2 Å². The molecule has 9 heteroatoms. The van der Waals surface area contributed by atoms with E-state index in [4.69, 9.17) is 9.72 Å². The van der Waals surface area contributed by atoms with E-state index in [2.05, 4.69) is 10.3 Å². The van der Waals surface area contributed by atoms with E-state index in [1.165, 1.54) is 12.1 Å². The fourth-order valence-corrected chi connectivity index (χ4v) is 5.96. The number of nitrogens with zero attached hydrogens (tertiary/aromatic N) is 5. The first kappa shape index (κ1) is 25.6.